The van der Waals surface area contributed by atoms with E-state index >= 15 is 0 Å². The molecule has 2 unspecified atom stereocenters. The average Bonchev–Trinajstić information content (AvgIpc) is 2.87. The normalized spacial score (nSPS) is 25.6. The fourth-order valence-electron chi connectivity index (χ4n) is 4.17. The van der Waals surface area contributed by atoms with Crippen LogP contribution in [0.5, 0.6) is 0 Å². The summed E-state index contributed by atoms with van der Waals surface area (Å²) < 4.78 is 31.4. The van der Waals surface area contributed by atoms with Crippen LogP contribution < -0.4 is 16.3 Å². The lowest BCUT2D eigenvalue weighted by molar-refractivity contribution is -0.135. The number of aryl methyl sites for hydroxylation is 1. The SMILES string of the molecule is Cn1c(=O)n(C2C(=O)CCNC2=O)c2cccc(C3CCNCC3(F)F)c21. The van der Waals surface area contributed by atoms with E-state index in [0.717, 1.165) is 4.57 Å². The minimum atomic E-state index is -2.96. The smallest absolute Gasteiger partial charge is 0.329 e. The molecule has 0 saturated carbocycles. The Hall–Kier alpha value is -2.55. The Balaban J connectivity index is 1.95. The van der Waals surface area contributed by atoms with Gasteiger partial charge in [0, 0.05) is 20.0 Å². The Labute approximate surface area is 153 Å². The number of halogens is 2. The van der Waals surface area contributed by atoms with Gasteiger partial charge in [0.15, 0.2) is 11.8 Å². The lowest BCUT2D eigenvalue weighted by atomic mass is 9.86. The third kappa shape index (κ3) is 2.68. The molecule has 2 aliphatic rings. The lowest BCUT2D eigenvalue weighted by Gasteiger charge is -2.32. The number of aromatic nitrogens is 2. The van der Waals surface area contributed by atoms with Gasteiger partial charge in [-0.05, 0) is 24.6 Å². The molecule has 27 heavy (non-hydrogen) atoms. The van der Waals surface area contributed by atoms with Crippen LogP contribution in [0.15, 0.2) is 23.0 Å². The van der Waals surface area contributed by atoms with Gasteiger partial charge >= 0.3 is 5.69 Å². The summed E-state index contributed by atoms with van der Waals surface area (Å²) in [5.74, 6) is -4.90. The lowest BCUT2D eigenvalue weighted by Crippen LogP contribution is -2.46. The van der Waals surface area contributed by atoms with Crippen LogP contribution in [0.4, 0.5) is 8.78 Å². The molecule has 3 heterocycles. The minimum absolute atomic E-state index is 0.130. The summed E-state index contributed by atoms with van der Waals surface area (Å²) in [4.78, 5) is 37.5. The van der Waals surface area contributed by atoms with Gasteiger partial charge in [0.05, 0.1) is 23.5 Å². The average molecular weight is 378 g/mol. The number of hydrogen-bond donors (Lipinski definition) is 2. The maximum absolute atomic E-state index is 14.5. The molecule has 2 atom stereocenters. The Bertz CT molecular complexity index is 978. The zero-order chi connectivity index (χ0) is 19.3. The van der Waals surface area contributed by atoms with E-state index in [1.807, 2.05) is 0 Å². The van der Waals surface area contributed by atoms with Crippen molar-refractivity contribution in [3.8, 4) is 0 Å². The summed E-state index contributed by atoms with van der Waals surface area (Å²) in [5, 5.41) is 5.29. The number of alkyl halides is 2. The van der Waals surface area contributed by atoms with Gasteiger partial charge in [-0.15, -0.1) is 0 Å². The topological polar surface area (TPSA) is 85.1 Å². The third-order valence-electron chi connectivity index (χ3n) is 5.47. The summed E-state index contributed by atoms with van der Waals surface area (Å²) in [6, 6.07) is 3.52. The molecule has 0 bridgehead atoms. The highest BCUT2D eigenvalue weighted by molar-refractivity contribution is 6.06. The molecule has 1 amide bonds. The number of nitrogens with one attached hydrogen (secondary N) is 2. The maximum atomic E-state index is 14.5. The molecule has 2 N–H and O–H groups in total. The number of rotatable bonds is 2. The molecule has 2 aliphatic heterocycles. The first-order valence-corrected chi connectivity index (χ1v) is 8.91. The number of hydrogen-bond acceptors (Lipinski definition) is 4. The number of carbonyl (C=O) groups is 2. The second kappa shape index (κ2) is 6.26. The van der Waals surface area contributed by atoms with Crippen molar-refractivity contribution in [1.82, 2.24) is 19.8 Å². The summed E-state index contributed by atoms with van der Waals surface area (Å²) in [6.07, 6.45) is 0.361. The molecular weight excluding hydrogens is 358 g/mol. The predicted octanol–water partition coefficient (Wildman–Crippen LogP) is 0.682. The summed E-state index contributed by atoms with van der Waals surface area (Å²) in [7, 11) is 1.48. The number of ketones is 1. The van der Waals surface area contributed by atoms with Gasteiger partial charge in [0.1, 0.15) is 0 Å². The zero-order valence-corrected chi connectivity index (χ0v) is 14.8. The molecule has 0 radical (unpaired) electrons. The van der Waals surface area contributed by atoms with Crippen LogP contribution in [0, 0.1) is 0 Å². The molecular formula is C18H20F2N4O3. The highest BCUT2D eigenvalue weighted by atomic mass is 19.3. The number of Topliss-reactive ketones (excluding diaryl/α,β-unsaturated/α-hetero) is 1. The van der Waals surface area contributed by atoms with E-state index in [1.54, 1.807) is 18.2 Å². The quantitative estimate of drug-likeness (QED) is 0.753. The van der Waals surface area contributed by atoms with Gasteiger partial charge < -0.3 is 10.6 Å². The van der Waals surface area contributed by atoms with E-state index < -0.39 is 36.0 Å². The summed E-state index contributed by atoms with van der Waals surface area (Å²) >= 11 is 0. The Kier molecular flexibility index (Phi) is 4.14. The first kappa shape index (κ1) is 17.8. The van der Waals surface area contributed by atoms with Crippen LogP contribution in [0.3, 0.4) is 0 Å². The summed E-state index contributed by atoms with van der Waals surface area (Å²) in [6.45, 7) is 0.265. The number of nitrogens with zero attached hydrogens (tertiary/aromatic N) is 2. The fraction of sp³-hybridized carbons (Fsp3) is 0.500. The van der Waals surface area contributed by atoms with Crippen LogP contribution in [0.2, 0.25) is 0 Å². The van der Waals surface area contributed by atoms with Gasteiger partial charge in [-0.1, -0.05) is 12.1 Å². The number of imidazole rings is 1. The molecule has 4 rings (SSSR count). The van der Waals surface area contributed by atoms with Crippen molar-refractivity contribution in [3.63, 3.8) is 0 Å². The number of piperidine rings is 2. The van der Waals surface area contributed by atoms with Crippen molar-refractivity contribution >= 4 is 22.7 Å². The van der Waals surface area contributed by atoms with Crippen LogP contribution in [-0.4, -0.2) is 46.4 Å². The second-order valence-electron chi connectivity index (χ2n) is 7.12. The molecule has 1 aromatic heterocycles. The van der Waals surface area contributed by atoms with Gasteiger partial charge in [0.25, 0.3) is 11.8 Å². The van der Waals surface area contributed by atoms with E-state index in [1.165, 1.54) is 11.6 Å². The predicted molar refractivity (Wildman–Crippen MR) is 94.0 cm³/mol. The Morgan fingerprint density at radius 2 is 1.96 bits per heavy atom. The molecule has 2 saturated heterocycles. The molecule has 9 heteroatoms. The highest BCUT2D eigenvalue weighted by Gasteiger charge is 2.44. The van der Waals surface area contributed by atoms with Crippen molar-refractivity contribution in [2.75, 3.05) is 19.6 Å². The number of para-hydroxylation sites is 1. The maximum Gasteiger partial charge on any atom is 0.329 e. The standard InChI is InChI=1S/C18H20F2N4O3/c1-23-14-10(11-5-7-21-9-18(11,19)20)3-2-4-12(14)24(17(23)27)15-13(25)6-8-22-16(15)26/h2-4,11,15,21H,5-9H2,1H3,(H,22,26). The minimum Gasteiger partial charge on any atom is -0.353 e. The first-order chi connectivity index (χ1) is 12.8. The second-order valence-corrected chi connectivity index (χ2v) is 7.12. The van der Waals surface area contributed by atoms with E-state index in [0.29, 0.717) is 23.1 Å². The van der Waals surface area contributed by atoms with Crippen molar-refractivity contribution in [3.05, 3.63) is 34.2 Å². The molecule has 0 aliphatic carbocycles. The summed E-state index contributed by atoms with van der Waals surface area (Å²) in [5.41, 5.74) is 0.469. The van der Waals surface area contributed by atoms with Crippen molar-refractivity contribution in [2.45, 2.75) is 30.7 Å². The third-order valence-corrected chi connectivity index (χ3v) is 5.47. The van der Waals surface area contributed by atoms with Crippen LogP contribution in [-0.2, 0) is 16.6 Å². The number of benzene rings is 1. The molecule has 1 aromatic carbocycles. The van der Waals surface area contributed by atoms with E-state index in [4.69, 9.17) is 0 Å². The molecule has 2 aromatic rings. The van der Waals surface area contributed by atoms with Crippen LogP contribution in [0.1, 0.15) is 30.4 Å². The van der Waals surface area contributed by atoms with Crippen LogP contribution >= 0.6 is 0 Å². The molecule has 7 nitrogen and oxygen atoms in total. The largest absolute Gasteiger partial charge is 0.353 e. The first-order valence-electron chi connectivity index (χ1n) is 8.91. The monoisotopic (exact) mass is 378 g/mol. The van der Waals surface area contributed by atoms with Crippen molar-refractivity contribution in [1.29, 1.82) is 0 Å². The van der Waals surface area contributed by atoms with Gasteiger partial charge in [0.2, 0.25) is 0 Å². The van der Waals surface area contributed by atoms with Gasteiger partial charge in [-0.2, -0.15) is 0 Å². The number of carbonyl (C=O) groups excluding carboxylic acids is 2. The van der Waals surface area contributed by atoms with E-state index in [2.05, 4.69) is 10.6 Å². The Morgan fingerprint density at radius 3 is 2.67 bits per heavy atom. The Morgan fingerprint density at radius 1 is 1.19 bits per heavy atom. The fourth-order valence-corrected chi connectivity index (χ4v) is 4.17. The van der Waals surface area contributed by atoms with E-state index in [-0.39, 0.29) is 25.2 Å². The van der Waals surface area contributed by atoms with Crippen molar-refractivity contribution in [2.24, 2.45) is 7.05 Å². The highest BCUT2D eigenvalue weighted by Crippen LogP contribution is 2.40. The molecule has 144 valence electrons. The molecule has 0 spiro atoms. The number of amides is 1. The van der Waals surface area contributed by atoms with Gasteiger partial charge in [-0.3, -0.25) is 18.7 Å². The number of fused-ring (bicyclic) bond motifs is 1. The van der Waals surface area contributed by atoms with Crippen LogP contribution in [0.25, 0.3) is 11.0 Å². The zero-order valence-electron chi connectivity index (χ0n) is 14.8. The van der Waals surface area contributed by atoms with Crippen molar-refractivity contribution < 1.29 is 18.4 Å². The van der Waals surface area contributed by atoms with Gasteiger partial charge in [-0.25, -0.2) is 13.6 Å². The van der Waals surface area contributed by atoms with E-state index in [9.17, 15) is 23.2 Å². The molecule has 2 fully saturated rings.